The van der Waals surface area contributed by atoms with Crippen molar-refractivity contribution in [2.45, 2.75) is 59.0 Å². The standard InChI is InChI=1S/C25H34N2O3S/c1-17(2)26-25(29)20(5)27(14-21-7-9-23(30-6)10-8-21)24(28)16-31-15-22-12-18(3)11-19(4)13-22/h7-13,17,20H,14-16H2,1-6H3,(H,26,29). The monoisotopic (exact) mass is 442 g/mol. The van der Waals surface area contributed by atoms with Crippen molar-refractivity contribution in [2.24, 2.45) is 0 Å². The molecule has 31 heavy (non-hydrogen) atoms. The van der Waals surface area contributed by atoms with E-state index in [-0.39, 0.29) is 17.9 Å². The van der Waals surface area contributed by atoms with Gasteiger partial charge in [0.15, 0.2) is 0 Å². The molecule has 0 bridgehead atoms. The number of benzene rings is 2. The van der Waals surface area contributed by atoms with E-state index in [0.717, 1.165) is 17.1 Å². The number of amides is 2. The first kappa shape index (κ1) is 24.8. The van der Waals surface area contributed by atoms with E-state index in [2.05, 4.69) is 37.4 Å². The van der Waals surface area contributed by atoms with E-state index in [1.165, 1.54) is 16.7 Å². The fourth-order valence-electron chi connectivity index (χ4n) is 3.41. The zero-order valence-electron chi connectivity index (χ0n) is 19.4. The Morgan fingerprint density at radius 1 is 1.00 bits per heavy atom. The molecule has 1 N–H and O–H groups in total. The molecule has 0 aliphatic heterocycles. The normalized spacial score (nSPS) is 11.8. The van der Waals surface area contributed by atoms with Crippen molar-refractivity contribution in [1.82, 2.24) is 10.2 Å². The van der Waals surface area contributed by atoms with Crippen LogP contribution in [0.25, 0.3) is 0 Å². The van der Waals surface area contributed by atoms with Crippen LogP contribution >= 0.6 is 11.8 Å². The Labute approximate surface area is 190 Å². The molecular weight excluding hydrogens is 408 g/mol. The smallest absolute Gasteiger partial charge is 0.242 e. The highest BCUT2D eigenvalue weighted by molar-refractivity contribution is 7.99. The molecule has 0 aromatic heterocycles. The van der Waals surface area contributed by atoms with Gasteiger partial charge in [0, 0.05) is 18.3 Å². The SMILES string of the molecule is COc1ccc(CN(C(=O)CSCc2cc(C)cc(C)c2)C(C)C(=O)NC(C)C)cc1. The van der Waals surface area contributed by atoms with Gasteiger partial charge in [-0.15, -0.1) is 11.8 Å². The number of methoxy groups -OCH3 is 1. The molecule has 0 fully saturated rings. The molecule has 0 aliphatic carbocycles. The van der Waals surface area contributed by atoms with Crippen LogP contribution in [0.15, 0.2) is 42.5 Å². The number of nitrogens with one attached hydrogen (secondary N) is 1. The molecule has 0 saturated heterocycles. The van der Waals surface area contributed by atoms with Crippen molar-refractivity contribution in [3.8, 4) is 5.75 Å². The number of carbonyl (C=O) groups excluding carboxylic acids is 2. The van der Waals surface area contributed by atoms with Gasteiger partial charge < -0.3 is 15.0 Å². The first-order valence-corrected chi connectivity index (χ1v) is 11.7. The summed E-state index contributed by atoms with van der Waals surface area (Å²) in [6.07, 6.45) is 0. The third-order valence-corrected chi connectivity index (χ3v) is 5.87. The van der Waals surface area contributed by atoms with Gasteiger partial charge in [0.05, 0.1) is 12.9 Å². The number of hydrogen-bond acceptors (Lipinski definition) is 4. The van der Waals surface area contributed by atoms with Crippen molar-refractivity contribution in [1.29, 1.82) is 0 Å². The lowest BCUT2D eigenvalue weighted by molar-refractivity contribution is -0.138. The average molecular weight is 443 g/mol. The number of nitrogens with zero attached hydrogens (tertiary/aromatic N) is 1. The maximum Gasteiger partial charge on any atom is 0.242 e. The highest BCUT2D eigenvalue weighted by atomic mass is 32.2. The summed E-state index contributed by atoms with van der Waals surface area (Å²) >= 11 is 1.58. The van der Waals surface area contributed by atoms with E-state index in [0.29, 0.717) is 12.3 Å². The molecule has 5 nitrogen and oxygen atoms in total. The van der Waals surface area contributed by atoms with Crippen LogP contribution < -0.4 is 10.1 Å². The van der Waals surface area contributed by atoms with Gasteiger partial charge in [0.2, 0.25) is 11.8 Å². The Bertz CT molecular complexity index is 861. The van der Waals surface area contributed by atoms with E-state index >= 15 is 0 Å². The van der Waals surface area contributed by atoms with Crippen molar-refractivity contribution in [3.05, 3.63) is 64.7 Å². The summed E-state index contributed by atoms with van der Waals surface area (Å²) in [6.45, 7) is 10.2. The molecule has 168 valence electrons. The maximum absolute atomic E-state index is 13.1. The minimum atomic E-state index is -0.557. The molecule has 0 spiro atoms. The Morgan fingerprint density at radius 2 is 1.61 bits per heavy atom. The zero-order valence-corrected chi connectivity index (χ0v) is 20.2. The second kappa shape index (κ2) is 11.8. The summed E-state index contributed by atoms with van der Waals surface area (Å²) in [4.78, 5) is 27.4. The van der Waals surface area contributed by atoms with Gasteiger partial charge in [-0.2, -0.15) is 0 Å². The van der Waals surface area contributed by atoms with Crippen LogP contribution in [0.4, 0.5) is 0 Å². The number of thioether (sulfide) groups is 1. The van der Waals surface area contributed by atoms with E-state index in [1.54, 1.807) is 30.7 Å². The molecule has 2 aromatic carbocycles. The molecule has 2 aromatic rings. The van der Waals surface area contributed by atoms with Crippen LogP contribution in [0.2, 0.25) is 0 Å². The highest BCUT2D eigenvalue weighted by Gasteiger charge is 2.26. The molecule has 1 unspecified atom stereocenters. The Hall–Kier alpha value is -2.47. The van der Waals surface area contributed by atoms with Crippen molar-refractivity contribution >= 4 is 23.6 Å². The summed E-state index contributed by atoms with van der Waals surface area (Å²) in [7, 11) is 1.62. The fraction of sp³-hybridized carbons (Fsp3) is 0.440. The minimum Gasteiger partial charge on any atom is -0.497 e. The minimum absolute atomic E-state index is 0.0202. The molecule has 1 atom stereocenters. The van der Waals surface area contributed by atoms with Crippen molar-refractivity contribution < 1.29 is 14.3 Å². The van der Waals surface area contributed by atoms with Crippen LogP contribution in [-0.2, 0) is 21.9 Å². The Balaban J connectivity index is 2.09. The molecule has 0 radical (unpaired) electrons. The van der Waals surface area contributed by atoms with E-state index in [4.69, 9.17) is 4.74 Å². The summed E-state index contributed by atoms with van der Waals surface area (Å²) in [5.74, 6) is 1.66. The summed E-state index contributed by atoms with van der Waals surface area (Å²) in [5, 5.41) is 2.92. The van der Waals surface area contributed by atoms with E-state index in [1.807, 2.05) is 38.1 Å². The number of carbonyl (C=O) groups is 2. The number of ether oxygens (including phenoxy) is 1. The van der Waals surface area contributed by atoms with Gasteiger partial charge in [0.25, 0.3) is 0 Å². The largest absolute Gasteiger partial charge is 0.497 e. The topological polar surface area (TPSA) is 58.6 Å². The predicted octanol–water partition coefficient (Wildman–Crippen LogP) is 4.49. The Kier molecular flexibility index (Phi) is 9.44. The maximum atomic E-state index is 13.1. The second-order valence-electron chi connectivity index (χ2n) is 8.20. The quantitative estimate of drug-likeness (QED) is 0.589. The van der Waals surface area contributed by atoms with Crippen LogP contribution in [-0.4, -0.2) is 41.7 Å². The first-order valence-electron chi connectivity index (χ1n) is 10.6. The van der Waals surface area contributed by atoms with Crippen molar-refractivity contribution in [3.63, 3.8) is 0 Å². The number of hydrogen-bond donors (Lipinski definition) is 1. The molecule has 2 amide bonds. The molecule has 6 heteroatoms. The van der Waals surface area contributed by atoms with Crippen LogP contribution in [0.3, 0.4) is 0 Å². The highest BCUT2D eigenvalue weighted by Crippen LogP contribution is 2.19. The van der Waals surface area contributed by atoms with E-state index < -0.39 is 6.04 Å². The van der Waals surface area contributed by atoms with Crippen LogP contribution in [0, 0.1) is 13.8 Å². The molecule has 0 heterocycles. The van der Waals surface area contributed by atoms with Gasteiger partial charge in [-0.25, -0.2) is 0 Å². The second-order valence-corrected chi connectivity index (χ2v) is 9.18. The molecule has 0 saturated carbocycles. The van der Waals surface area contributed by atoms with Gasteiger partial charge in [-0.1, -0.05) is 41.5 Å². The predicted molar refractivity (Wildman–Crippen MR) is 128 cm³/mol. The molecule has 2 rings (SSSR count). The summed E-state index contributed by atoms with van der Waals surface area (Å²) < 4.78 is 5.21. The lowest BCUT2D eigenvalue weighted by atomic mass is 10.1. The van der Waals surface area contributed by atoms with Crippen molar-refractivity contribution in [2.75, 3.05) is 12.9 Å². The average Bonchev–Trinajstić information content (AvgIpc) is 2.70. The number of aryl methyl sites for hydroxylation is 2. The first-order chi connectivity index (χ1) is 14.7. The number of rotatable bonds is 10. The molecular formula is C25H34N2O3S. The van der Waals surface area contributed by atoms with E-state index in [9.17, 15) is 9.59 Å². The third kappa shape index (κ3) is 7.94. The molecule has 0 aliphatic rings. The van der Waals surface area contributed by atoms with Gasteiger partial charge >= 0.3 is 0 Å². The third-order valence-electron chi connectivity index (χ3n) is 4.89. The van der Waals surface area contributed by atoms with Crippen LogP contribution in [0.1, 0.15) is 43.0 Å². The fourth-order valence-corrected chi connectivity index (χ4v) is 4.25. The summed E-state index contributed by atoms with van der Waals surface area (Å²) in [6, 6.07) is 13.5. The Morgan fingerprint density at radius 3 is 2.16 bits per heavy atom. The summed E-state index contributed by atoms with van der Waals surface area (Å²) in [5.41, 5.74) is 4.62. The van der Waals surface area contributed by atoms with Gasteiger partial charge in [-0.3, -0.25) is 9.59 Å². The zero-order chi connectivity index (χ0) is 23.0. The van der Waals surface area contributed by atoms with Gasteiger partial charge in [0.1, 0.15) is 11.8 Å². The lowest BCUT2D eigenvalue weighted by Crippen LogP contribution is -2.49. The lowest BCUT2D eigenvalue weighted by Gasteiger charge is -2.29. The van der Waals surface area contributed by atoms with Crippen LogP contribution in [0.5, 0.6) is 5.75 Å². The van der Waals surface area contributed by atoms with Gasteiger partial charge in [-0.05, 0) is 57.9 Å².